The van der Waals surface area contributed by atoms with Gasteiger partial charge in [0.25, 0.3) is 0 Å². The summed E-state index contributed by atoms with van der Waals surface area (Å²) in [4.78, 5) is 11.0. The molecule has 0 aliphatic heterocycles. The van der Waals surface area contributed by atoms with Crippen LogP contribution >= 0.6 is 0 Å². The van der Waals surface area contributed by atoms with Gasteiger partial charge in [0.15, 0.2) is 0 Å². The van der Waals surface area contributed by atoms with Crippen LogP contribution < -0.4 is 10.8 Å². The second kappa shape index (κ2) is 6.89. The lowest BCUT2D eigenvalue weighted by Gasteiger charge is -2.07. The minimum atomic E-state index is -0.360. The highest BCUT2D eigenvalue weighted by molar-refractivity contribution is 6.13. The number of benzene rings is 3. The Kier molecular flexibility index (Phi) is 4.49. The number of rotatable bonds is 2. The van der Waals surface area contributed by atoms with Crippen LogP contribution in [0, 0.1) is 0 Å². The van der Waals surface area contributed by atoms with E-state index in [0.717, 1.165) is 27.1 Å². The average Bonchev–Trinajstić information content (AvgIpc) is 2.59. The number of fused-ring (bicyclic) bond motifs is 2. The highest BCUT2D eigenvalue weighted by atomic mass is 16.5. The molecule has 1 amide bonds. The Labute approximate surface area is 138 Å². The standard InChI is InChI=1S/C18H16N4O2/c1-12(23)20-18(22-24)21-19-11-17-15-8-4-2-6-13(15)10-14-7-3-5-9-16(14)17/h2-11,24H,1H3,(H2,20,21,22,23)/b19-11+. The van der Waals surface area contributed by atoms with E-state index in [-0.39, 0.29) is 11.9 Å². The number of nitrogens with one attached hydrogen (secondary N) is 2. The van der Waals surface area contributed by atoms with Crippen molar-refractivity contribution in [3.05, 3.63) is 60.2 Å². The normalized spacial score (nSPS) is 12.0. The summed E-state index contributed by atoms with van der Waals surface area (Å²) in [7, 11) is 0. The monoisotopic (exact) mass is 320 g/mol. The van der Waals surface area contributed by atoms with E-state index in [4.69, 9.17) is 5.21 Å². The van der Waals surface area contributed by atoms with Crippen molar-refractivity contribution in [2.75, 3.05) is 0 Å². The summed E-state index contributed by atoms with van der Waals surface area (Å²) in [5, 5.41) is 23.3. The van der Waals surface area contributed by atoms with Gasteiger partial charge in [0.05, 0.1) is 6.21 Å². The van der Waals surface area contributed by atoms with Crippen LogP contribution in [0.3, 0.4) is 0 Å². The van der Waals surface area contributed by atoms with Gasteiger partial charge in [-0.2, -0.15) is 5.10 Å². The lowest BCUT2D eigenvalue weighted by Crippen LogP contribution is -2.37. The predicted octanol–water partition coefficient (Wildman–Crippen LogP) is 2.80. The number of guanidine groups is 1. The molecular weight excluding hydrogens is 304 g/mol. The van der Waals surface area contributed by atoms with Crippen LogP contribution in [0.1, 0.15) is 12.5 Å². The van der Waals surface area contributed by atoms with Gasteiger partial charge in [-0.25, -0.2) is 5.48 Å². The summed E-state index contributed by atoms with van der Waals surface area (Å²) in [6.07, 6.45) is 1.61. The molecule has 0 unspecified atom stereocenters. The Hall–Kier alpha value is -3.25. The molecule has 0 aliphatic rings. The molecule has 3 rings (SSSR count). The topological polar surface area (TPSA) is 86.1 Å². The van der Waals surface area contributed by atoms with Crippen molar-refractivity contribution in [2.45, 2.75) is 6.92 Å². The molecule has 3 N–H and O–H groups in total. The highest BCUT2D eigenvalue weighted by Crippen LogP contribution is 2.27. The van der Waals surface area contributed by atoms with E-state index in [1.807, 2.05) is 48.5 Å². The summed E-state index contributed by atoms with van der Waals surface area (Å²) in [6, 6.07) is 18.2. The fourth-order valence-electron chi connectivity index (χ4n) is 2.57. The minimum Gasteiger partial charge on any atom is -0.294 e. The van der Waals surface area contributed by atoms with Gasteiger partial charge in [0.1, 0.15) is 0 Å². The molecule has 0 heterocycles. The van der Waals surface area contributed by atoms with Crippen LogP contribution in [0.4, 0.5) is 0 Å². The molecule has 24 heavy (non-hydrogen) atoms. The molecule has 0 aromatic heterocycles. The molecule has 6 heteroatoms. The van der Waals surface area contributed by atoms with E-state index in [0.29, 0.717) is 0 Å². The molecule has 0 saturated heterocycles. The van der Waals surface area contributed by atoms with Crippen LogP contribution in [0.25, 0.3) is 21.5 Å². The first-order valence-corrected chi connectivity index (χ1v) is 7.38. The van der Waals surface area contributed by atoms with Gasteiger partial charge in [-0.3, -0.25) is 15.3 Å². The first-order chi connectivity index (χ1) is 11.7. The van der Waals surface area contributed by atoms with Gasteiger partial charge in [0, 0.05) is 12.5 Å². The van der Waals surface area contributed by atoms with Crippen molar-refractivity contribution in [3.8, 4) is 0 Å². The fraction of sp³-hybridized carbons (Fsp3) is 0.0556. The number of amides is 1. The summed E-state index contributed by atoms with van der Waals surface area (Å²) in [5.41, 5.74) is 2.72. The van der Waals surface area contributed by atoms with E-state index in [9.17, 15) is 4.79 Å². The molecule has 3 aromatic carbocycles. The van der Waals surface area contributed by atoms with Gasteiger partial charge in [-0.15, -0.1) is 5.10 Å². The van der Waals surface area contributed by atoms with E-state index < -0.39 is 0 Å². The Morgan fingerprint density at radius 3 is 2.17 bits per heavy atom. The van der Waals surface area contributed by atoms with Crippen molar-refractivity contribution in [3.63, 3.8) is 0 Å². The fourth-order valence-corrected chi connectivity index (χ4v) is 2.57. The van der Waals surface area contributed by atoms with Crippen LogP contribution in [0.2, 0.25) is 0 Å². The van der Waals surface area contributed by atoms with Crippen molar-refractivity contribution in [1.82, 2.24) is 10.8 Å². The largest absolute Gasteiger partial charge is 0.294 e. The number of carbonyl (C=O) groups is 1. The number of carbonyl (C=O) groups excluding carboxylic acids is 1. The average molecular weight is 320 g/mol. The number of nitrogens with zero attached hydrogens (tertiary/aromatic N) is 2. The number of hydrogen-bond acceptors (Lipinski definition) is 4. The Morgan fingerprint density at radius 1 is 1.04 bits per heavy atom. The molecule has 0 bridgehead atoms. The lowest BCUT2D eigenvalue weighted by molar-refractivity contribution is -0.117. The van der Waals surface area contributed by atoms with Crippen LogP contribution in [0.15, 0.2) is 64.8 Å². The molecular formula is C18H16N4O2. The summed E-state index contributed by atoms with van der Waals surface area (Å²) in [6.45, 7) is 1.31. The second-order valence-corrected chi connectivity index (χ2v) is 5.22. The molecule has 6 nitrogen and oxygen atoms in total. The minimum absolute atomic E-state index is 0.136. The zero-order valence-corrected chi connectivity index (χ0v) is 13.0. The summed E-state index contributed by atoms with van der Waals surface area (Å²) < 4.78 is 0. The number of hydroxylamine groups is 1. The van der Waals surface area contributed by atoms with E-state index >= 15 is 0 Å². The quantitative estimate of drug-likeness (QED) is 0.294. The smallest absolute Gasteiger partial charge is 0.246 e. The maximum atomic E-state index is 11.0. The molecule has 0 saturated carbocycles. The third kappa shape index (κ3) is 3.23. The zero-order chi connectivity index (χ0) is 16.9. The molecule has 0 atom stereocenters. The van der Waals surface area contributed by atoms with Gasteiger partial charge in [-0.05, 0) is 27.6 Å². The molecule has 120 valence electrons. The molecule has 0 radical (unpaired) electrons. The van der Waals surface area contributed by atoms with E-state index in [1.54, 1.807) is 11.7 Å². The second-order valence-electron chi connectivity index (χ2n) is 5.22. The first kappa shape index (κ1) is 15.6. The van der Waals surface area contributed by atoms with E-state index in [1.165, 1.54) is 6.92 Å². The van der Waals surface area contributed by atoms with Crippen molar-refractivity contribution in [2.24, 2.45) is 10.2 Å². The highest BCUT2D eigenvalue weighted by Gasteiger charge is 2.05. The molecule has 3 aromatic rings. The van der Waals surface area contributed by atoms with Crippen molar-refractivity contribution >= 4 is 39.6 Å². The Bertz CT molecular complexity index is 910. The maximum Gasteiger partial charge on any atom is 0.246 e. The SMILES string of the molecule is CC(=O)N/C(=N\N=C\c1c2ccccc2cc2ccccc12)NO. The van der Waals surface area contributed by atoms with Gasteiger partial charge >= 0.3 is 0 Å². The molecule has 0 spiro atoms. The van der Waals surface area contributed by atoms with E-state index in [2.05, 4.69) is 21.6 Å². The molecule has 0 aliphatic carbocycles. The van der Waals surface area contributed by atoms with Gasteiger partial charge in [0.2, 0.25) is 11.9 Å². The van der Waals surface area contributed by atoms with Crippen LogP contribution in [0.5, 0.6) is 0 Å². The zero-order valence-electron chi connectivity index (χ0n) is 13.0. The van der Waals surface area contributed by atoms with Crippen LogP contribution in [-0.2, 0) is 4.79 Å². The first-order valence-electron chi connectivity index (χ1n) is 7.38. The van der Waals surface area contributed by atoms with Gasteiger partial charge in [-0.1, -0.05) is 48.5 Å². The Morgan fingerprint density at radius 2 is 1.62 bits per heavy atom. The van der Waals surface area contributed by atoms with Crippen LogP contribution in [-0.4, -0.2) is 23.3 Å². The predicted molar refractivity (Wildman–Crippen MR) is 95.2 cm³/mol. The summed E-state index contributed by atoms with van der Waals surface area (Å²) in [5.74, 6) is -0.496. The lowest BCUT2D eigenvalue weighted by atomic mass is 9.97. The van der Waals surface area contributed by atoms with Crippen molar-refractivity contribution < 1.29 is 10.0 Å². The Balaban J connectivity index is 2.11. The van der Waals surface area contributed by atoms with Gasteiger partial charge < -0.3 is 0 Å². The third-order valence-corrected chi connectivity index (χ3v) is 3.56. The third-order valence-electron chi connectivity index (χ3n) is 3.56. The summed E-state index contributed by atoms with van der Waals surface area (Å²) >= 11 is 0. The number of hydrogen-bond donors (Lipinski definition) is 3. The van der Waals surface area contributed by atoms with Crippen molar-refractivity contribution in [1.29, 1.82) is 0 Å². The maximum absolute atomic E-state index is 11.0. The molecule has 0 fully saturated rings.